The molecule has 4 nitrogen and oxygen atoms in total. The second kappa shape index (κ2) is 25.9. The number of alkyl halides is 24. The van der Waals surface area contributed by atoms with Gasteiger partial charge in [-0.15, -0.1) is 0 Å². The van der Waals surface area contributed by atoms with Gasteiger partial charge in [0, 0.05) is 5.57 Å². The van der Waals surface area contributed by atoms with Gasteiger partial charge < -0.3 is 9.47 Å². The molecule has 0 bridgehead atoms. The summed E-state index contributed by atoms with van der Waals surface area (Å²) in [5.74, 6) is -0.363. The molecule has 87 heavy (non-hydrogen) atoms. The van der Waals surface area contributed by atoms with Gasteiger partial charge in [-0.05, 0) is 92.1 Å². The zero-order valence-corrected chi connectivity index (χ0v) is 45.8. The fourth-order valence-electron chi connectivity index (χ4n) is 10.4. The molecule has 0 unspecified atom stereocenters. The minimum Gasteiger partial charge on any atom is -0.459 e. The fourth-order valence-corrected chi connectivity index (χ4v) is 11.3. The van der Waals surface area contributed by atoms with Crippen LogP contribution >= 0.6 is 0 Å². The number of benzene rings is 5. The van der Waals surface area contributed by atoms with E-state index in [1.807, 2.05) is 30.3 Å². The van der Waals surface area contributed by atoms with Gasteiger partial charge in [0.15, 0.2) is 5.57 Å². The van der Waals surface area contributed by atoms with Gasteiger partial charge >= 0.3 is 61.3 Å². The lowest BCUT2D eigenvalue weighted by molar-refractivity contribution is -0.154. The van der Waals surface area contributed by atoms with Crippen molar-refractivity contribution >= 4 is 56.4 Å². The van der Waals surface area contributed by atoms with Gasteiger partial charge in [-0.2, -0.15) is 127 Å². The van der Waals surface area contributed by atoms with E-state index in [1.165, 1.54) is 12.8 Å². The molecule has 5 aromatic carbocycles. The second-order valence-electron chi connectivity index (χ2n) is 20.9. The van der Waals surface area contributed by atoms with Crippen LogP contribution in [-0.2, 0) is 79.4 Å². The Labute approximate surface area is 482 Å². The first-order valence-corrected chi connectivity index (χ1v) is 28.1. The maximum absolute atomic E-state index is 14.2. The van der Waals surface area contributed by atoms with Gasteiger partial charge in [-0.1, -0.05) is 91.7 Å². The van der Waals surface area contributed by atoms with Crippen molar-refractivity contribution in [2.24, 2.45) is 0 Å². The molecular weight excluding hydrogens is 1250 g/mol. The van der Waals surface area contributed by atoms with Crippen LogP contribution in [0.3, 0.4) is 0 Å². The lowest BCUT2D eigenvalue weighted by Crippen LogP contribution is -2.75. The molecule has 0 radical (unpaired) electrons. The van der Waals surface area contributed by atoms with Crippen molar-refractivity contribution in [3.8, 4) is 0 Å². The molecule has 7 rings (SSSR count). The minimum atomic E-state index is -6.13. The number of esters is 2. The molecule has 0 heterocycles. The molecule has 0 atom stereocenters. The SMILES string of the molecule is C[S+](C)CC(=C(C(=O)OC1CCCCC1)C(=O)OC1CCCCC1)c1ccccc1.FC(F)(F)c1cc([B-](c2cc(C(F)(F)F)cc(C(F)(F)F)c2)(c2cc(C(F)(F)F)cc(C(F)(F)F)c2)c2cc(C(F)(F)F)cc(C(F)(F)F)c2)cc(C(F)(F)F)c1. The highest BCUT2D eigenvalue weighted by molar-refractivity contribution is 7.95. The van der Waals surface area contributed by atoms with Crippen LogP contribution in [0.15, 0.2) is 109 Å². The van der Waals surface area contributed by atoms with Crippen molar-refractivity contribution in [2.45, 2.75) is 126 Å². The van der Waals surface area contributed by atoms with Gasteiger partial charge in [-0.25, -0.2) is 9.59 Å². The Kier molecular flexibility index (Phi) is 20.7. The molecule has 2 aliphatic carbocycles. The number of carbonyl (C=O) groups excluding carboxylic acids is 2. The molecule has 0 saturated heterocycles. The average Bonchev–Trinajstić information content (AvgIpc) is 0.770. The Morgan fingerprint density at radius 1 is 0.379 bits per heavy atom. The maximum Gasteiger partial charge on any atom is 0.416 e. The third-order valence-corrected chi connectivity index (χ3v) is 15.2. The lowest BCUT2D eigenvalue weighted by Gasteiger charge is -2.46. The van der Waals surface area contributed by atoms with Crippen LogP contribution in [0.4, 0.5) is 105 Å². The van der Waals surface area contributed by atoms with Crippen molar-refractivity contribution in [1.29, 1.82) is 0 Å². The van der Waals surface area contributed by atoms with Gasteiger partial charge in [0.1, 0.15) is 24.1 Å². The zero-order valence-electron chi connectivity index (χ0n) is 44.9. The molecule has 0 amide bonds. The van der Waals surface area contributed by atoms with Crippen LogP contribution in [0.5, 0.6) is 0 Å². The van der Waals surface area contributed by atoms with Gasteiger partial charge in [0.2, 0.25) is 0 Å². The Bertz CT molecular complexity index is 2800. The normalized spacial score (nSPS) is 15.6. The number of hydrogen-bond acceptors (Lipinski definition) is 4. The van der Waals surface area contributed by atoms with E-state index < -0.39 is 207 Å². The molecule has 2 saturated carbocycles. The topological polar surface area (TPSA) is 52.6 Å². The Morgan fingerprint density at radius 3 is 0.816 bits per heavy atom. The third kappa shape index (κ3) is 17.4. The van der Waals surface area contributed by atoms with Gasteiger partial charge in [0.25, 0.3) is 0 Å². The summed E-state index contributed by atoms with van der Waals surface area (Å²) in [6.45, 7) is 0. The number of rotatable bonds is 11. The Hall–Kier alpha value is -6.49. The minimum absolute atomic E-state index is 0.0134. The number of hydrogen-bond donors (Lipinski definition) is 0. The smallest absolute Gasteiger partial charge is 0.416 e. The van der Waals surface area contributed by atoms with E-state index in [4.69, 9.17) is 9.47 Å². The predicted octanol–water partition coefficient (Wildman–Crippen LogP) is 16.3. The van der Waals surface area contributed by atoms with E-state index in [0.29, 0.717) is 5.75 Å². The third-order valence-electron chi connectivity index (χ3n) is 14.4. The van der Waals surface area contributed by atoms with Crippen molar-refractivity contribution in [1.82, 2.24) is 0 Å². The van der Waals surface area contributed by atoms with Crippen LogP contribution in [-0.4, -0.2) is 48.6 Å². The lowest BCUT2D eigenvalue weighted by atomic mass is 9.12. The molecule has 0 aliphatic heterocycles. The van der Waals surface area contributed by atoms with Crippen molar-refractivity contribution in [3.05, 3.63) is 159 Å². The summed E-state index contributed by atoms with van der Waals surface area (Å²) in [6, 6.07) is 0.937. The van der Waals surface area contributed by atoms with Crippen LogP contribution < -0.4 is 21.9 Å². The quantitative estimate of drug-likeness (QED) is 0.0252. The highest BCUT2D eigenvalue weighted by Gasteiger charge is 2.47. The standard InChI is InChI=1S/C32H12BF24.C25H35O4S/c34-25(35,36)13-1-14(26(37,38)39)6-21(5-13)33(22-7-15(27(40,41)42)2-16(8-22)28(43,44)45,23-9-17(29(46,47)48)3-18(10-23)30(49,50)51)24-11-19(31(52,53)54)4-20(12-24)32(55,56)57;1-30(2)18-22(19-12-6-3-7-13-19)23(24(26)28-20-14-8-4-9-15-20)25(27)29-21-16-10-5-11-17-21/h1-12H;3,6-7,12-13,20-21H,4-5,8-11,14-18H2,1-2H3/q-1;+1. The summed E-state index contributed by atoms with van der Waals surface area (Å²) in [5.41, 5.74) is -28.4. The zero-order chi connectivity index (χ0) is 65.3. The van der Waals surface area contributed by atoms with E-state index >= 15 is 0 Å². The Balaban J connectivity index is 0.000000337. The summed E-state index contributed by atoms with van der Waals surface area (Å²) in [6.07, 6.45) is -40.6. The summed E-state index contributed by atoms with van der Waals surface area (Å²) < 4.78 is 353. The highest BCUT2D eigenvalue weighted by atomic mass is 32.2. The van der Waals surface area contributed by atoms with E-state index in [0.717, 1.165) is 62.5 Å². The van der Waals surface area contributed by atoms with E-state index in [1.54, 1.807) is 0 Å². The number of halogens is 24. The Morgan fingerprint density at radius 2 is 0.609 bits per heavy atom. The first-order valence-electron chi connectivity index (χ1n) is 25.9. The van der Waals surface area contributed by atoms with Crippen molar-refractivity contribution in [2.75, 3.05) is 18.3 Å². The van der Waals surface area contributed by atoms with Crippen LogP contribution in [0.2, 0.25) is 0 Å². The monoisotopic (exact) mass is 1290 g/mol. The van der Waals surface area contributed by atoms with Gasteiger partial charge in [0.05, 0.1) is 57.0 Å². The van der Waals surface area contributed by atoms with Crippen LogP contribution in [0.1, 0.15) is 114 Å². The maximum atomic E-state index is 14.2. The molecule has 5 aromatic rings. The molecule has 0 N–H and O–H groups in total. The van der Waals surface area contributed by atoms with Crippen LogP contribution in [0, 0.1) is 0 Å². The molecule has 30 heteroatoms. The van der Waals surface area contributed by atoms with E-state index in [2.05, 4.69) is 12.5 Å². The predicted molar refractivity (Wildman–Crippen MR) is 273 cm³/mol. The second-order valence-corrected chi connectivity index (χ2v) is 23.2. The summed E-state index contributed by atoms with van der Waals surface area (Å²) in [4.78, 5) is 26.6. The molecule has 2 aliphatic rings. The van der Waals surface area contributed by atoms with E-state index in [9.17, 15) is 115 Å². The molecule has 0 spiro atoms. The van der Waals surface area contributed by atoms with Crippen LogP contribution in [0.25, 0.3) is 5.57 Å². The van der Waals surface area contributed by atoms with Gasteiger partial charge in [-0.3, -0.25) is 0 Å². The van der Waals surface area contributed by atoms with E-state index in [-0.39, 0.29) is 28.7 Å². The number of ether oxygens (including phenoxy) is 2. The summed E-state index contributed by atoms with van der Waals surface area (Å²) in [7, 11) is 0.0134. The number of carbonyl (C=O) groups is 2. The molecule has 2 fully saturated rings. The van der Waals surface area contributed by atoms with Crippen molar-refractivity contribution < 1.29 is 124 Å². The first-order chi connectivity index (χ1) is 39.8. The first kappa shape index (κ1) is 69.6. The average molecular weight is 1290 g/mol. The summed E-state index contributed by atoms with van der Waals surface area (Å²) >= 11 is 0. The largest absolute Gasteiger partial charge is 0.459 e. The highest BCUT2D eigenvalue weighted by Crippen LogP contribution is 2.42. The molecule has 0 aromatic heterocycles. The molecular formula is C57H47BF24O4S. The fraction of sp³-hybridized carbons (Fsp3) is 0.404. The molecule has 476 valence electrons. The summed E-state index contributed by atoms with van der Waals surface area (Å²) in [5, 5.41) is 0. The van der Waals surface area contributed by atoms with Crippen molar-refractivity contribution in [3.63, 3.8) is 0 Å².